The molecule has 0 bridgehead atoms. The maximum atomic E-state index is 12.8. The molecule has 2 aromatic carbocycles. The SMILES string of the molecule is COc1ccccc1OCCN1C(=O)[C@H](NC(C)=O)c2cccc(C)c21. The number of nitrogens with zero attached hydrogens (tertiary/aromatic N) is 1. The molecule has 0 radical (unpaired) electrons. The number of amides is 2. The number of anilines is 1. The highest BCUT2D eigenvalue weighted by Gasteiger charge is 2.38. The third-order valence-electron chi connectivity index (χ3n) is 4.35. The Morgan fingerprint density at radius 1 is 1.15 bits per heavy atom. The zero-order chi connectivity index (χ0) is 18.7. The van der Waals surface area contributed by atoms with Gasteiger partial charge >= 0.3 is 0 Å². The number of carbonyl (C=O) groups is 2. The second kappa shape index (κ2) is 7.47. The van der Waals surface area contributed by atoms with Crippen LogP contribution in [-0.4, -0.2) is 32.1 Å². The van der Waals surface area contributed by atoms with Crippen molar-refractivity contribution in [3.63, 3.8) is 0 Å². The highest BCUT2D eigenvalue weighted by atomic mass is 16.5. The molecule has 136 valence electrons. The summed E-state index contributed by atoms with van der Waals surface area (Å²) in [4.78, 5) is 26.0. The number of carbonyl (C=O) groups excluding carboxylic acids is 2. The van der Waals surface area contributed by atoms with Crippen molar-refractivity contribution in [2.75, 3.05) is 25.2 Å². The number of methoxy groups -OCH3 is 1. The van der Waals surface area contributed by atoms with E-state index in [1.54, 1.807) is 12.0 Å². The van der Waals surface area contributed by atoms with Crippen molar-refractivity contribution in [3.8, 4) is 11.5 Å². The molecule has 2 aromatic rings. The number of ether oxygens (including phenoxy) is 2. The van der Waals surface area contributed by atoms with Gasteiger partial charge in [0.05, 0.1) is 19.3 Å². The van der Waals surface area contributed by atoms with Crippen LogP contribution in [0, 0.1) is 6.92 Å². The Hall–Kier alpha value is -3.02. The van der Waals surface area contributed by atoms with Crippen LogP contribution in [-0.2, 0) is 9.59 Å². The van der Waals surface area contributed by atoms with Crippen LogP contribution in [0.1, 0.15) is 24.1 Å². The van der Waals surface area contributed by atoms with E-state index >= 15 is 0 Å². The molecule has 1 aliphatic heterocycles. The molecule has 0 spiro atoms. The highest BCUT2D eigenvalue weighted by molar-refractivity contribution is 6.06. The molecule has 1 N–H and O–H groups in total. The largest absolute Gasteiger partial charge is 0.493 e. The number of rotatable bonds is 6. The minimum atomic E-state index is -0.645. The van der Waals surface area contributed by atoms with Gasteiger partial charge in [0.2, 0.25) is 5.91 Å². The van der Waals surface area contributed by atoms with Gasteiger partial charge in [-0.2, -0.15) is 0 Å². The molecule has 6 nitrogen and oxygen atoms in total. The minimum Gasteiger partial charge on any atom is -0.493 e. The smallest absolute Gasteiger partial charge is 0.254 e. The van der Waals surface area contributed by atoms with Crippen molar-refractivity contribution in [1.29, 1.82) is 0 Å². The van der Waals surface area contributed by atoms with Crippen LogP contribution in [0.15, 0.2) is 42.5 Å². The molecule has 2 amide bonds. The van der Waals surface area contributed by atoms with Crippen LogP contribution < -0.4 is 19.7 Å². The first-order chi connectivity index (χ1) is 12.5. The van der Waals surface area contributed by atoms with E-state index in [2.05, 4.69) is 5.32 Å². The molecule has 26 heavy (non-hydrogen) atoms. The van der Waals surface area contributed by atoms with Crippen LogP contribution in [0.25, 0.3) is 0 Å². The molecular weight excluding hydrogens is 332 g/mol. The van der Waals surface area contributed by atoms with Crippen LogP contribution in [0.3, 0.4) is 0 Å². The van der Waals surface area contributed by atoms with Crippen LogP contribution in [0.2, 0.25) is 0 Å². The number of aryl methyl sites for hydroxylation is 1. The molecule has 3 rings (SSSR count). The molecule has 0 saturated carbocycles. The van der Waals surface area contributed by atoms with Crippen LogP contribution in [0.4, 0.5) is 5.69 Å². The Bertz CT molecular complexity index is 834. The van der Waals surface area contributed by atoms with Crippen LogP contribution >= 0.6 is 0 Å². The Balaban J connectivity index is 1.78. The third kappa shape index (κ3) is 3.35. The Morgan fingerprint density at radius 3 is 2.58 bits per heavy atom. The van der Waals surface area contributed by atoms with Crippen molar-refractivity contribution in [1.82, 2.24) is 5.32 Å². The summed E-state index contributed by atoms with van der Waals surface area (Å²) >= 11 is 0. The average Bonchev–Trinajstić information content (AvgIpc) is 2.88. The summed E-state index contributed by atoms with van der Waals surface area (Å²) in [5.74, 6) is 0.897. The number of para-hydroxylation sites is 3. The summed E-state index contributed by atoms with van der Waals surface area (Å²) in [5, 5.41) is 2.74. The fraction of sp³-hybridized carbons (Fsp3) is 0.300. The molecule has 6 heteroatoms. The molecule has 0 fully saturated rings. The fourth-order valence-electron chi connectivity index (χ4n) is 3.23. The summed E-state index contributed by atoms with van der Waals surface area (Å²) < 4.78 is 11.1. The Morgan fingerprint density at radius 2 is 1.88 bits per heavy atom. The van der Waals surface area contributed by atoms with Crippen LogP contribution in [0.5, 0.6) is 11.5 Å². The Kier molecular flexibility index (Phi) is 5.11. The molecule has 0 aliphatic carbocycles. The molecule has 0 unspecified atom stereocenters. The molecule has 1 aliphatic rings. The molecule has 0 aromatic heterocycles. The first-order valence-electron chi connectivity index (χ1n) is 8.46. The fourth-order valence-corrected chi connectivity index (χ4v) is 3.23. The van der Waals surface area contributed by atoms with Gasteiger partial charge in [-0.25, -0.2) is 0 Å². The summed E-state index contributed by atoms with van der Waals surface area (Å²) in [6.45, 7) is 4.06. The summed E-state index contributed by atoms with van der Waals surface area (Å²) in [6, 6.07) is 12.5. The second-order valence-electron chi connectivity index (χ2n) is 6.14. The van der Waals surface area contributed by atoms with Crippen molar-refractivity contribution >= 4 is 17.5 Å². The van der Waals surface area contributed by atoms with Crippen molar-refractivity contribution in [2.24, 2.45) is 0 Å². The standard InChI is InChI=1S/C20H22N2O4/c1-13-7-6-8-15-18(21-14(2)23)20(24)22(19(13)15)11-12-26-17-10-5-4-9-16(17)25-3/h4-10,18H,11-12H2,1-3H3,(H,21,23)/t18-/m1/s1. The maximum absolute atomic E-state index is 12.8. The lowest BCUT2D eigenvalue weighted by molar-refractivity contribution is -0.126. The van der Waals surface area contributed by atoms with Crippen molar-refractivity contribution in [3.05, 3.63) is 53.6 Å². The van der Waals surface area contributed by atoms with Gasteiger partial charge in [0.15, 0.2) is 11.5 Å². The first kappa shape index (κ1) is 17.8. The lowest BCUT2D eigenvalue weighted by Gasteiger charge is -2.20. The zero-order valence-electron chi connectivity index (χ0n) is 15.1. The summed E-state index contributed by atoms with van der Waals surface area (Å²) in [5.41, 5.74) is 2.66. The van der Waals surface area contributed by atoms with E-state index in [0.29, 0.717) is 24.7 Å². The average molecular weight is 354 g/mol. The maximum Gasteiger partial charge on any atom is 0.254 e. The summed E-state index contributed by atoms with van der Waals surface area (Å²) in [7, 11) is 1.59. The topological polar surface area (TPSA) is 67.9 Å². The monoisotopic (exact) mass is 354 g/mol. The highest BCUT2D eigenvalue weighted by Crippen LogP contribution is 2.38. The van der Waals surface area contributed by atoms with E-state index in [1.807, 2.05) is 49.4 Å². The van der Waals surface area contributed by atoms with Gasteiger partial charge in [-0.3, -0.25) is 9.59 Å². The predicted molar refractivity (Wildman–Crippen MR) is 98.6 cm³/mol. The van der Waals surface area contributed by atoms with E-state index in [-0.39, 0.29) is 11.8 Å². The number of fused-ring (bicyclic) bond motifs is 1. The number of benzene rings is 2. The predicted octanol–water partition coefficient (Wildman–Crippen LogP) is 2.61. The summed E-state index contributed by atoms with van der Waals surface area (Å²) in [6.07, 6.45) is 0. The molecular formula is C20H22N2O4. The normalized spacial score (nSPS) is 15.6. The van der Waals surface area contributed by atoms with E-state index < -0.39 is 6.04 Å². The first-order valence-corrected chi connectivity index (χ1v) is 8.46. The van der Waals surface area contributed by atoms with Crippen molar-refractivity contribution in [2.45, 2.75) is 19.9 Å². The quantitative estimate of drug-likeness (QED) is 0.866. The van der Waals surface area contributed by atoms with E-state index in [1.165, 1.54) is 6.92 Å². The van der Waals surface area contributed by atoms with Gasteiger partial charge in [-0.1, -0.05) is 30.3 Å². The molecule has 0 saturated heterocycles. The second-order valence-corrected chi connectivity index (χ2v) is 6.14. The third-order valence-corrected chi connectivity index (χ3v) is 4.35. The number of hydrogen-bond donors (Lipinski definition) is 1. The lowest BCUT2D eigenvalue weighted by atomic mass is 10.1. The van der Waals surface area contributed by atoms with Gasteiger partial charge in [0.25, 0.3) is 5.91 Å². The van der Waals surface area contributed by atoms with Gasteiger partial charge in [-0.05, 0) is 24.6 Å². The van der Waals surface area contributed by atoms with Gasteiger partial charge < -0.3 is 19.7 Å². The molecule has 1 atom stereocenters. The van der Waals surface area contributed by atoms with Gasteiger partial charge in [0.1, 0.15) is 12.6 Å². The van der Waals surface area contributed by atoms with Crippen molar-refractivity contribution < 1.29 is 19.1 Å². The van der Waals surface area contributed by atoms with Gasteiger partial charge in [0, 0.05) is 12.5 Å². The number of nitrogens with one attached hydrogen (secondary N) is 1. The number of hydrogen-bond acceptors (Lipinski definition) is 4. The van der Waals surface area contributed by atoms with E-state index in [9.17, 15) is 9.59 Å². The van der Waals surface area contributed by atoms with E-state index in [0.717, 1.165) is 16.8 Å². The zero-order valence-corrected chi connectivity index (χ0v) is 15.1. The lowest BCUT2D eigenvalue weighted by Crippen LogP contribution is -2.38. The van der Waals surface area contributed by atoms with E-state index in [4.69, 9.17) is 9.47 Å². The molecule has 1 heterocycles. The minimum absolute atomic E-state index is 0.145. The Labute approximate surface area is 152 Å². The van der Waals surface area contributed by atoms with Gasteiger partial charge in [-0.15, -0.1) is 0 Å².